The number of carbonyl (C=O) groups is 2. The number of hydrogen-bond donors (Lipinski definition) is 1. The summed E-state index contributed by atoms with van der Waals surface area (Å²) in [5.41, 5.74) is 1.28. The fourth-order valence-corrected chi connectivity index (χ4v) is 12.4. The van der Waals surface area contributed by atoms with Gasteiger partial charge < -0.3 is 24.2 Å². The third-order valence-electron chi connectivity index (χ3n) is 10.7. The van der Waals surface area contributed by atoms with Crippen LogP contribution in [0.4, 0.5) is 22.7 Å². The normalized spacial score (nSPS) is 22.8. The maximum Gasteiger partial charge on any atom is 0.269 e. The van der Waals surface area contributed by atoms with Crippen LogP contribution in [0.3, 0.4) is 0 Å². The lowest BCUT2D eigenvalue weighted by molar-refractivity contribution is -0.385. The van der Waals surface area contributed by atoms with Crippen molar-refractivity contribution < 1.29 is 33.8 Å². The van der Waals surface area contributed by atoms with Crippen LogP contribution in [0.5, 0.6) is 11.5 Å². The molecular formula is C38H39N3O8Si. The van der Waals surface area contributed by atoms with Gasteiger partial charge in [0.05, 0.1) is 44.1 Å². The molecule has 3 aliphatic heterocycles. The van der Waals surface area contributed by atoms with Crippen molar-refractivity contribution in [2.24, 2.45) is 5.92 Å². The van der Waals surface area contributed by atoms with E-state index in [2.05, 4.69) is 25.2 Å². The maximum absolute atomic E-state index is 15.0. The molecule has 1 saturated heterocycles. The van der Waals surface area contributed by atoms with Gasteiger partial charge in [-0.15, -0.1) is 0 Å². The van der Waals surface area contributed by atoms with Crippen LogP contribution in [0.25, 0.3) is 0 Å². The van der Waals surface area contributed by atoms with E-state index >= 15 is 4.79 Å². The van der Waals surface area contributed by atoms with E-state index in [9.17, 15) is 20.0 Å². The first kappa shape index (κ1) is 33.5. The Morgan fingerprint density at radius 3 is 2.48 bits per heavy atom. The van der Waals surface area contributed by atoms with Gasteiger partial charge in [0.25, 0.3) is 17.5 Å². The number of ether oxygens (including phenoxy) is 3. The van der Waals surface area contributed by atoms with E-state index in [-0.39, 0.29) is 48.7 Å². The number of aliphatic hydroxyl groups is 1. The molecule has 4 atom stereocenters. The summed E-state index contributed by atoms with van der Waals surface area (Å²) in [6, 6.07) is 27.3. The number of para-hydroxylation sites is 2. The zero-order valence-electron chi connectivity index (χ0n) is 28.4. The smallest absolute Gasteiger partial charge is 0.269 e. The standard InChI is InChI=1S/C38H39N3O8Si/c1-24-36(50(3,4)29-15-13-28(47-2)14-16-29)34(18-19-42)49-38(24)30-21-27(41(45)46)12-17-31(30)39(37(38)44)22-25-8-7-9-26(20-25)40-32-10-5-6-11-33(32)48-23-35(40)43/h5-17,20-21,24,34,36,42H,18-19,22-23H2,1-4H3/t24-,34+,36-,38+/m0/s1. The van der Waals surface area contributed by atoms with Crippen LogP contribution in [0.2, 0.25) is 18.6 Å². The van der Waals surface area contributed by atoms with Gasteiger partial charge in [-0.3, -0.25) is 24.6 Å². The molecule has 0 unspecified atom stereocenters. The van der Waals surface area contributed by atoms with E-state index < -0.39 is 24.7 Å². The number of aliphatic hydroxyl groups excluding tert-OH is 1. The number of benzene rings is 4. The summed E-state index contributed by atoms with van der Waals surface area (Å²) in [4.78, 5) is 43.0. The predicted molar refractivity (Wildman–Crippen MR) is 191 cm³/mol. The predicted octanol–water partition coefficient (Wildman–Crippen LogP) is 5.81. The second-order valence-corrected chi connectivity index (χ2v) is 18.4. The molecule has 0 aliphatic carbocycles. The Balaban J connectivity index is 1.29. The van der Waals surface area contributed by atoms with Gasteiger partial charge in [-0.25, -0.2) is 0 Å². The maximum atomic E-state index is 15.0. The minimum absolute atomic E-state index is 0.0951. The fraction of sp³-hybridized carbons (Fsp3) is 0.316. The summed E-state index contributed by atoms with van der Waals surface area (Å²) in [5.74, 6) is 0.447. The lowest BCUT2D eigenvalue weighted by Gasteiger charge is -2.37. The molecule has 7 rings (SSSR count). The Bertz CT molecular complexity index is 1990. The Hall–Kier alpha value is -5.04. The Morgan fingerprint density at radius 2 is 1.76 bits per heavy atom. The first-order valence-corrected chi connectivity index (χ1v) is 19.8. The summed E-state index contributed by atoms with van der Waals surface area (Å²) >= 11 is 0. The Morgan fingerprint density at radius 1 is 1.00 bits per heavy atom. The molecule has 1 N–H and O–H groups in total. The van der Waals surface area contributed by atoms with Crippen LogP contribution in [-0.4, -0.2) is 56.3 Å². The van der Waals surface area contributed by atoms with Crippen molar-refractivity contribution in [3.63, 3.8) is 0 Å². The molecule has 4 aromatic rings. The van der Waals surface area contributed by atoms with E-state index in [0.29, 0.717) is 34.8 Å². The molecule has 50 heavy (non-hydrogen) atoms. The third kappa shape index (κ3) is 5.26. The topological polar surface area (TPSA) is 132 Å². The van der Waals surface area contributed by atoms with Crippen LogP contribution in [0.1, 0.15) is 24.5 Å². The van der Waals surface area contributed by atoms with Crippen LogP contribution in [0, 0.1) is 16.0 Å². The summed E-state index contributed by atoms with van der Waals surface area (Å²) in [7, 11) is -0.806. The van der Waals surface area contributed by atoms with Crippen molar-refractivity contribution in [1.82, 2.24) is 0 Å². The molecule has 0 radical (unpaired) electrons. The quantitative estimate of drug-likeness (QED) is 0.132. The van der Waals surface area contributed by atoms with E-state index in [1.807, 2.05) is 67.6 Å². The number of anilines is 3. The fourth-order valence-electron chi connectivity index (χ4n) is 8.33. The molecule has 4 aromatic carbocycles. The minimum atomic E-state index is -2.43. The zero-order valence-corrected chi connectivity index (χ0v) is 29.4. The van der Waals surface area contributed by atoms with Crippen LogP contribution in [0.15, 0.2) is 91.0 Å². The average molecular weight is 694 g/mol. The molecule has 12 heteroatoms. The second-order valence-electron chi connectivity index (χ2n) is 13.7. The molecule has 2 amide bonds. The van der Waals surface area contributed by atoms with Crippen molar-refractivity contribution in [2.45, 2.75) is 50.2 Å². The number of rotatable bonds is 9. The van der Waals surface area contributed by atoms with Crippen molar-refractivity contribution in [3.8, 4) is 11.5 Å². The van der Waals surface area contributed by atoms with Gasteiger partial charge in [-0.05, 0) is 60.0 Å². The number of nitro benzene ring substituents is 1. The highest BCUT2D eigenvalue weighted by molar-refractivity contribution is 6.91. The summed E-state index contributed by atoms with van der Waals surface area (Å²) in [5, 5.41) is 23.4. The number of nitro groups is 1. The van der Waals surface area contributed by atoms with E-state index in [1.54, 1.807) is 23.0 Å². The molecule has 1 spiro atoms. The number of methoxy groups -OCH3 is 1. The highest BCUT2D eigenvalue weighted by Gasteiger charge is 2.66. The highest BCUT2D eigenvalue weighted by atomic mass is 28.3. The van der Waals surface area contributed by atoms with Crippen molar-refractivity contribution >= 4 is 47.8 Å². The average Bonchev–Trinajstić information content (AvgIpc) is 3.54. The van der Waals surface area contributed by atoms with Gasteiger partial charge in [-0.2, -0.15) is 0 Å². The van der Waals surface area contributed by atoms with Crippen LogP contribution >= 0.6 is 0 Å². The van der Waals surface area contributed by atoms with Gasteiger partial charge in [0, 0.05) is 35.9 Å². The van der Waals surface area contributed by atoms with Gasteiger partial charge in [0.15, 0.2) is 12.2 Å². The molecule has 258 valence electrons. The van der Waals surface area contributed by atoms with Crippen molar-refractivity contribution in [2.75, 3.05) is 30.1 Å². The highest BCUT2D eigenvalue weighted by Crippen LogP contribution is 2.60. The van der Waals surface area contributed by atoms with E-state index in [0.717, 1.165) is 16.5 Å². The number of non-ortho nitro benzene ring substituents is 1. The van der Waals surface area contributed by atoms with Gasteiger partial charge >= 0.3 is 0 Å². The van der Waals surface area contributed by atoms with Crippen LogP contribution in [-0.2, 0) is 26.5 Å². The molecule has 0 saturated carbocycles. The monoisotopic (exact) mass is 693 g/mol. The Kier molecular flexibility index (Phi) is 8.49. The number of nitrogens with zero attached hydrogens (tertiary/aromatic N) is 3. The summed E-state index contributed by atoms with van der Waals surface area (Å²) in [6.07, 6.45) is -0.150. The molecular weight excluding hydrogens is 655 g/mol. The number of hydrogen-bond acceptors (Lipinski definition) is 8. The molecule has 3 heterocycles. The molecule has 0 aromatic heterocycles. The zero-order chi connectivity index (χ0) is 35.4. The minimum Gasteiger partial charge on any atom is -0.497 e. The third-order valence-corrected chi connectivity index (χ3v) is 15.0. The van der Waals surface area contributed by atoms with Gasteiger partial charge in [-0.1, -0.05) is 61.6 Å². The van der Waals surface area contributed by atoms with Crippen molar-refractivity contribution in [3.05, 3.63) is 112 Å². The summed E-state index contributed by atoms with van der Waals surface area (Å²) in [6.45, 7) is 6.40. The number of carbonyl (C=O) groups excluding carboxylic acids is 2. The molecule has 3 aliphatic rings. The molecule has 11 nitrogen and oxygen atoms in total. The number of fused-ring (bicyclic) bond motifs is 3. The van der Waals surface area contributed by atoms with Crippen LogP contribution < -0.4 is 24.5 Å². The largest absolute Gasteiger partial charge is 0.497 e. The van der Waals surface area contributed by atoms with Gasteiger partial charge in [0.1, 0.15) is 11.5 Å². The lowest BCUT2D eigenvalue weighted by atomic mass is 9.82. The Labute approximate surface area is 291 Å². The van der Waals surface area contributed by atoms with Gasteiger partial charge in [0.2, 0.25) is 0 Å². The van der Waals surface area contributed by atoms with Crippen molar-refractivity contribution in [1.29, 1.82) is 0 Å². The first-order valence-electron chi connectivity index (χ1n) is 16.7. The van der Waals surface area contributed by atoms with E-state index in [4.69, 9.17) is 14.2 Å². The molecule has 0 bridgehead atoms. The first-order chi connectivity index (χ1) is 24.0. The van der Waals surface area contributed by atoms with E-state index in [1.165, 1.54) is 12.1 Å². The SMILES string of the molecule is COc1ccc([Si](C)(C)[C@@H]2[C@@H](CCO)O[C@]3(C(=O)N(Cc4cccc(N5C(=O)COc6ccccc65)c4)c4ccc([N+](=O)[O-])cc43)[C@H]2C)cc1. The summed E-state index contributed by atoms with van der Waals surface area (Å²) < 4.78 is 18.0. The lowest BCUT2D eigenvalue weighted by Crippen LogP contribution is -2.51. The molecule has 1 fully saturated rings. The number of amides is 2. The second kappa shape index (κ2) is 12.7.